The Labute approximate surface area is 166 Å². The molecule has 0 atom stereocenters. The van der Waals surface area contributed by atoms with Crippen LogP contribution in [0.5, 0.6) is 0 Å². The summed E-state index contributed by atoms with van der Waals surface area (Å²) < 4.78 is 13.4. The van der Waals surface area contributed by atoms with Crippen molar-refractivity contribution >= 4 is 35.0 Å². The maximum atomic E-state index is 13.4. The smallest absolute Gasteiger partial charge is 0.234 e. The largest absolute Gasteiger partial charge is 0.325 e. The molecule has 0 bridgehead atoms. The van der Waals surface area contributed by atoms with E-state index in [1.807, 2.05) is 24.3 Å². The second-order valence-electron chi connectivity index (χ2n) is 5.77. The standard InChI is InChI=1S/C20H17ClFN3OS/c1-2-13-3-5-14(6-4-13)18-9-10-20(25-24-18)27-12-19(26)23-15-7-8-16(21)17(22)11-15/h3-11H,2,12H2,1H3,(H,23,26). The summed E-state index contributed by atoms with van der Waals surface area (Å²) in [4.78, 5) is 12.0. The van der Waals surface area contributed by atoms with E-state index in [-0.39, 0.29) is 16.7 Å². The van der Waals surface area contributed by atoms with Crippen LogP contribution in [0.4, 0.5) is 10.1 Å². The summed E-state index contributed by atoms with van der Waals surface area (Å²) in [5.41, 5.74) is 3.41. The number of thioether (sulfide) groups is 1. The number of rotatable bonds is 6. The van der Waals surface area contributed by atoms with Crippen LogP contribution in [0.15, 0.2) is 59.6 Å². The van der Waals surface area contributed by atoms with Crippen molar-refractivity contribution in [2.75, 3.05) is 11.1 Å². The summed E-state index contributed by atoms with van der Waals surface area (Å²) in [5, 5.41) is 11.7. The summed E-state index contributed by atoms with van der Waals surface area (Å²) >= 11 is 6.88. The summed E-state index contributed by atoms with van der Waals surface area (Å²) in [6.45, 7) is 2.11. The van der Waals surface area contributed by atoms with Gasteiger partial charge in [0.25, 0.3) is 0 Å². The van der Waals surface area contributed by atoms with Crippen molar-refractivity contribution < 1.29 is 9.18 Å². The zero-order valence-electron chi connectivity index (χ0n) is 14.6. The van der Waals surface area contributed by atoms with E-state index in [0.717, 1.165) is 17.7 Å². The van der Waals surface area contributed by atoms with E-state index in [0.29, 0.717) is 10.7 Å². The molecule has 1 aromatic heterocycles. The highest BCUT2D eigenvalue weighted by Gasteiger charge is 2.08. The zero-order valence-corrected chi connectivity index (χ0v) is 16.1. The summed E-state index contributed by atoms with van der Waals surface area (Å²) in [5.74, 6) is -0.693. The molecule has 0 saturated heterocycles. The molecule has 0 saturated carbocycles. The minimum Gasteiger partial charge on any atom is -0.325 e. The molecule has 138 valence electrons. The van der Waals surface area contributed by atoms with Crippen LogP contribution in [0.2, 0.25) is 5.02 Å². The van der Waals surface area contributed by atoms with Crippen LogP contribution in [0.1, 0.15) is 12.5 Å². The second-order valence-corrected chi connectivity index (χ2v) is 7.18. The Kier molecular flexibility index (Phi) is 6.42. The molecule has 1 amide bonds. The number of carbonyl (C=O) groups is 1. The summed E-state index contributed by atoms with van der Waals surface area (Å²) in [7, 11) is 0. The lowest BCUT2D eigenvalue weighted by Gasteiger charge is -2.06. The van der Waals surface area contributed by atoms with Crippen LogP contribution < -0.4 is 5.32 Å². The molecule has 0 aliphatic heterocycles. The first-order valence-electron chi connectivity index (χ1n) is 8.36. The van der Waals surface area contributed by atoms with Crippen molar-refractivity contribution in [3.8, 4) is 11.3 Å². The SMILES string of the molecule is CCc1ccc(-c2ccc(SCC(=O)Nc3ccc(Cl)c(F)c3)nn2)cc1. The van der Waals surface area contributed by atoms with Crippen LogP contribution >= 0.6 is 23.4 Å². The first kappa shape index (κ1) is 19.3. The molecule has 0 fully saturated rings. The van der Waals surface area contributed by atoms with E-state index >= 15 is 0 Å². The van der Waals surface area contributed by atoms with E-state index in [9.17, 15) is 9.18 Å². The number of benzene rings is 2. The molecular formula is C20H17ClFN3OS. The van der Waals surface area contributed by atoms with Crippen molar-refractivity contribution in [1.29, 1.82) is 0 Å². The zero-order chi connectivity index (χ0) is 19.2. The Hall–Kier alpha value is -2.44. The quantitative estimate of drug-likeness (QED) is 0.574. The molecule has 0 spiro atoms. The highest BCUT2D eigenvalue weighted by atomic mass is 35.5. The lowest BCUT2D eigenvalue weighted by atomic mass is 10.1. The number of amides is 1. The Morgan fingerprint density at radius 3 is 2.52 bits per heavy atom. The van der Waals surface area contributed by atoms with Gasteiger partial charge in [-0.25, -0.2) is 4.39 Å². The molecule has 0 aliphatic rings. The third-order valence-electron chi connectivity index (χ3n) is 3.85. The average molecular weight is 402 g/mol. The van der Waals surface area contributed by atoms with Crippen LogP contribution in [-0.2, 0) is 11.2 Å². The predicted molar refractivity (Wildman–Crippen MR) is 108 cm³/mol. The molecule has 3 rings (SSSR count). The van der Waals surface area contributed by atoms with Crippen molar-refractivity contribution in [2.24, 2.45) is 0 Å². The van der Waals surface area contributed by atoms with E-state index in [1.165, 1.54) is 29.5 Å². The Balaban J connectivity index is 1.56. The number of nitrogens with zero attached hydrogens (tertiary/aromatic N) is 2. The van der Waals surface area contributed by atoms with Gasteiger partial charge < -0.3 is 5.32 Å². The number of nitrogens with one attached hydrogen (secondary N) is 1. The summed E-state index contributed by atoms with van der Waals surface area (Å²) in [6.07, 6.45) is 0.992. The number of hydrogen-bond acceptors (Lipinski definition) is 4. The van der Waals surface area contributed by atoms with E-state index < -0.39 is 5.82 Å². The number of hydrogen-bond donors (Lipinski definition) is 1. The monoisotopic (exact) mass is 401 g/mol. The number of anilines is 1. The maximum absolute atomic E-state index is 13.4. The third kappa shape index (κ3) is 5.28. The third-order valence-corrected chi connectivity index (χ3v) is 5.08. The van der Waals surface area contributed by atoms with Crippen LogP contribution in [0, 0.1) is 5.82 Å². The first-order chi connectivity index (χ1) is 13.0. The summed E-state index contributed by atoms with van der Waals surface area (Å²) in [6, 6.07) is 16.0. The highest BCUT2D eigenvalue weighted by Crippen LogP contribution is 2.22. The molecule has 1 heterocycles. The fourth-order valence-electron chi connectivity index (χ4n) is 2.37. The minimum absolute atomic E-state index is 0.0158. The topological polar surface area (TPSA) is 54.9 Å². The van der Waals surface area contributed by atoms with Crippen molar-refractivity contribution in [2.45, 2.75) is 18.4 Å². The molecule has 2 aromatic carbocycles. The van der Waals surface area contributed by atoms with Gasteiger partial charge in [-0.3, -0.25) is 4.79 Å². The fourth-order valence-corrected chi connectivity index (χ4v) is 3.10. The lowest BCUT2D eigenvalue weighted by molar-refractivity contribution is -0.113. The van der Waals surface area contributed by atoms with Gasteiger partial charge >= 0.3 is 0 Å². The molecule has 1 N–H and O–H groups in total. The number of aromatic nitrogens is 2. The average Bonchev–Trinajstić information content (AvgIpc) is 2.70. The molecule has 0 aliphatic carbocycles. The van der Waals surface area contributed by atoms with Gasteiger partial charge in [-0.15, -0.1) is 10.2 Å². The minimum atomic E-state index is -0.574. The molecule has 0 unspecified atom stereocenters. The number of carbonyl (C=O) groups excluding carboxylic acids is 1. The molecule has 7 heteroatoms. The molecule has 3 aromatic rings. The fraction of sp³-hybridized carbons (Fsp3) is 0.150. The molecule has 0 radical (unpaired) electrons. The van der Waals surface area contributed by atoms with Gasteiger partial charge in [0.1, 0.15) is 10.8 Å². The van der Waals surface area contributed by atoms with Crippen molar-refractivity contribution in [3.05, 3.63) is 71.0 Å². The Morgan fingerprint density at radius 2 is 1.89 bits per heavy atom. The molecule has 4 nitrogen and oxygen atoms in total. The Morgan fingerprint density at radius 1 is 1.11 bits per heavy atom. The molecular weight excluding hydrogens is 385 g/mol. The van der Waals surface area contributed by atoms with Gasteiger partial charge in [-0.05, 0) is 42.3 Å². The molecule has 27 heavy (non-hydrogen) atoms. The van der Waals surface area contributed by atoms with E-state index in [4.69, 9.17) is 11.6 Å². The van der Waals surface area contributed by atoms with Crippen LogP contribution in [0.3, 0.4) is 0 Å². The van der Waals surface area contributed by atoms with Gasteiger partial charge in [0.2, 0.25) is 5.91 Å². The van der Waals surface area contributed by atoms with Gasteiger partial charge in [-0.1, -0.05) is 54.6 Å². The first-order valence-corrected chi connectivity index (χ1v) is 9.72. The van der Waals surface area contributed by atoms with Crippen LogP contribution in [0.25, 0.3) is 11.3 Å². The lowest BCUT2D eigenvalue weighted by Crippen LogP contribution is -2.14. The Bertz CT molecular complexity index is 933. The number of halogens is 2. The predicted octanol–water partition coefficient (Wildman–Crippen LogP) is 5.23. The van der Waals surface area contributed by atoms with Crippen LogP contribution in [-0.4, -0.2) is 21.9 Å². The number of aryl methyl sites for hydroxylation is 1. The maximum Gasteiger partial charge on any atom is 0.234 e. The normalized spacial score (nSPS) is 10.6. The van der Waals surface area contributed by atoms with Crippen molar-refractivity contribution in [3.63, 3.8) is 0 Å². The second kappa shape index (κ2) is 8.97. The van der Waals surface area contributed by atoms with E-state index in [1.54, 1.807) is 6.07 Å². The van der Waals surface area contributed by atoms with Crippen molar-refractivity contribution in [1.82, 2.24) is 10.2 Å². The van der Waals surface area contributed by atoms with Gasteiger partial charge in [0.15, 0.2) is 0 Å². The van der Waals surface area contributed by atoms with Gasteiger partial charge in [0.05, 0.1) is 16.5 Å². The highest BCUT2D eigenvalue weighted by molar-refractivity contribution is 7.99. The van der Waals surface area contributed by atoms with Gasteiger partial charge in [0, 0.05) is 11.3 Å². The van der Waals surface area contributed by atoms with E-state index in [2.05, 4.69) is 34.6 Å². The van der Waals surface area contributed by atoms with Gasteiger partial charge in [-0.2, -0.15) is 0 Å².